The van der Waals surface area contributed by atoms with Gasteiger partial charge in [0.15, 0.2) is 11.0 Å². The molecule has 0 saturated heterocycles. The first-order chi connectivity index (χ1) is 17.2. The number of amides is 1. The van der Waals surface area contributed by atoms with Crippen molar-refractivity contribution in [1.29, 1.82) is 0 Å². The highest BCUT2D eigenvalue weighted by atomic mass is 32.2. The maximum atomic E-state index is 12.7. The van der Waals surface area contributed by atoms with E-state index in [2.05, 4.69) is 37.8 Å². The van der Waals surface area contributed by atoms with E-state index in [1.165, 1.54) is 17.3 Å². The number of thioether (sulfide) groups is 1. The minimum atomic E-state index is -0.0232. The molecule has 7 nitrogen and oxygen atoms in total. The maximum Gasteiger partial charge on any atom is 0.230 e. The van der Waals surface area contributed by atoms with Gasteiger partial charge in [0.1, 0.15) is 5.69 Å². The number of hydrogen-bond acceptors (Lipinski definition) is 5. The molecular formula is C27H26N6OS. The van der Waals surface area contributed by atoms with Gasteiger partial charge in [-0.1, -0.05) is 78.5 Å². The third-order valence-electron chi connectivity index (χ3n) is 5.78. The summed E-state index contributed by atoms with van der Waals surface area (Å²) in [5, 5.41) is 21.2. The van der Waals surface area contributed by atoms with Crippen molar-refractivity contribution >= 4 is 28.6 Å². The van der Waals surface area contributed by atoms with E-state index in [0.29, 0.717) is 11.0 Å². The number of carbonyl (C=O) groups is 1. The smallest absolute Gasteiger partial charge is 0.230 e. The van der Waals surface area contributed by atoms with Crippen LogP contribution in [0.4, 0.5) is 0 Å². The molecule has 0 spiro atoms. The molecule has 1 amide bonds. The SMILES string of the molecule is C[C@H](CCc1ccccc1)NC(=O)CSc1nnc(-c2n[nH]c3ccccc23)n1-c1ccccc1. The quantitative estimate of drug-likeness (QED) is 0.287. The Balaban J connectivity index is 1.31. The van der Waals surface area contributed by atoms with Crippen LogP contribution >= 0.6 is 11.8 Å². The zero-order valence-electron chi connectivity index (χ0n) is 19.4. The highest BCUT2D eigenvalue weighted by molar-refractivity contribution is 7.99. The summed E-state index contributed by atoms with van der Waals surface area (Å²) in [6.45, 7) is 2.04. The second-order valence-electron chi connectivity index (χ2n) is 8.38. The van der Waals surface area contributed by atoms with Crippen LogP contribution in [0, 0.1) is 0 Å². The zero-order valence-corrected chi connectivity index (χ0v) is 20.2. The Bertz CT molecular complexity index is 1410. The van der Waals surface area contributed by atoms with Crippen LogP contribution < -0.4 is 5.32 Å². The van der Waals surface area contributed by atoms with Gasteiger partial charge in [0.05, 0.1) is 11.3 Å². The Morgan fingerprint density at radius 2 is 1.69 bits per heavy atom. The van der Waals surface area contributed by atoms with Crippen molar-refractivity contribution in [3.63, 3.8) is 0 Å². The largest absolute Gasteiger partial charge is 0.353 e. The predicted molar refractivity (Wildman–Crippen MR) is 140 cm³/mol. The molecule has 0 aliphatic carbocycles. The normalized spacial score (nSPS) is 12.0. The van der Waals surface area contributed by atoms with Gasteiger partial charge in [-0.2, -0.15) is 5.10 Å². The minimum Gasteiger partial charge on any atom is -0.353 e. The molecule has 3 aromatic carbocycles. The van der Waals surface area contributed by atoms with E-state index in [1.807, 2.05) is 84.3 Å². The number of fused-ring (bicyclic) bond motifs is 1. The molecular weight excluding hydrogens is 456 g/mol. The molecule has 0 unspecified atom stereocenters. The van der Waals surface area contributed by atoms with Crippen molar-refractivity contribution < 1.29 is 4.79 Å². The molecule has 0 saturated carbocycles. The zero-order chi connectivity index (χ0) is 24.0. The third kappa shape index (κ3) is 5.27. The minimum absolute atomic E-state index is 0.0232. The summed E-state index contributed by atoms with van der Waals surface area (Å²) in [5.41, 5.74) is 3.85. The number of aryl methyl sites for hydroxylation is 1. The molecule has 5 aromatic rings. The molecule has 5 rings (SSSR count). The molecule has 0 fully saturated rings. The standard InChI is InChI=1S/C27H26N6OS/c1-19(16-17-20-10-4-2-5-11-20)28-24(34)18-35-27-32-31-26(33(27)21-12-6-3-7-13-21)25-22-14-8-9-15-23(22)29-30-25/h2-15,19H,16-18H2,1H3,(H,28,34)(H,29,30)/t19-/m1/s1. The number of aromatic amines is 1. The molecule has 2 N–H and O–H groups in total. The van der Waals surface area contributed by atoms with E-state index in [9.17, 15) is 4.79 Å². The highest BCUT2D eigenvalue weighted by Crippen LogP contribution is 2.30. The molecule has 0 aliphatic heterocycles. The summed E-state index contributed by atoms with van der Waals surface area (Å²) in [6.07, 6.45) is 1.82. The van der Waals surface area contributed by atoms with E-state index in [4.69, 9.17) is 0 Å². The van der Waals surface area contributed by atoms with Crippen molar-refractivity contribution in [2.45, 2.75) is 31.0 Å². The van der Waals surface area contributed by atoms with Gasteiger partial charge >= 0.3 is 0 Å². The molecule has 2 heterocycles. The van der Waals surface area contributed by atoms with E-state index < -0.39 is 0 Å². The fourth-order valence-corrected chi connectivity index (χ4v) is 4.77. The third-order valence-corrected chi connectivity index (χ3v) is 6.71. The monoisotopic (exact) mass is 482 g/mol. The van der Waals surface area contributed by atoms with Gasteiger partial charge in [-0.05, 0) is 43.5 Å². The number of para-hydroxylation sites is 2. The molecule has 2 aromatic heterocycles. The van der Waals surface area contributed by atoms with Crippen LogP contribution in [-0.2, 0) is 11.2 Å². The summed E-state index contributed by atoms with van der Waals surface area (Å²) >= 11 is 1.37. The lowest BCUT2D eigenvalue weighted by Crippen LogP contribution is -2.34. The number of rotatable bonds is 9. The van der Waals surface area contributed by atoms with Crippen LogP contribution in [-0.4, -0.2) is 42.7 Å². The van der Waals surface area contributed by atoms with E-state index in [0.717, 1.165) is 35.1 Å². The Labute approximate surface area is 208 Å². The number of aromatic nitrogens is 5. The number of carbonyl (C=O) groups excluding carboxylic acids is 1. The van der Waals surface area contributed by atoms with Gasteiger partial charge in [0, 0.05) is 17.1 Å². The molecule has 0 radical (unpaired) electrons. The first kappa shape index (κ1) is 22.9. The van der Waals surface area contributed by atoms with Gasteiger partial charge in [0.2, 0.25) is 5.91 Å². The first-order valence-electron chi connectivity index (χ1n) is 11.6. The second-order valence-corrected chi connectivity index (χ2v) is 9.32. The fourth-order valence-electron chi connectivity index (χ4n) is 4.01. The van der Waals surface area contributed by atoms with E-state index in [-0.39, 0.29) is 17.7 Å². The van der Waals surface area contributed by atoms with Crippen LogP contribution in [0.3, 0.4) is 0 Å². The number of nitrogens with zero attached hydrogens (tertiary/aromatic N) is 4. The van der Waals surface area contributed by atoms with Crippen molar-refractivity contribution in [3.05, 3.63) is 90.5 Å². The topological polar surface area (TPSA) is 88.5 Å². The molecule has 176 valence electrons. The van der Waals surface area contributed by atoms with Gasteiger partial charge in [0.25, 0.3) is 0 Å². The molecule has 8 heteroatoms. The maximum absolute atomic E-state index is 12.7. The van der Waals surface area contributed by atoms with Crippen LogP contribution in [0.5, 0.6) is 0 Å². The summed E-state index contributed by atoms with van der Waals surface area (Å²) in [6, 6.07) is 28.2. The van der Waals surface area contributed by atoms with Crippen LogP contribution in [0.25, 0.3) is 28.1 Å². The lowest BCUT2D eigenvalue weighted by Gasteiger charge is -2.14. The summed E-state index contributed by atoms with van der Waals surface area (Å²) in [5.74, 6) is 0.861. The predicted octanol–water partition coefficient (Wildman–Crippen LogP) is 5.04. The van der Waals surface area contributed by atoms with Crippen LogP contribution in [0.2, 0.25) is 0 Å². The Morgan fingerprint density at radius 3 is 2.49 bits per heavy atom. The van der Waals surface area contributed by atoms with Crippen LogP contribution in [0.15, 0.2) is 90.1 Å². The fraction of sp³-hybridized carbons (Fsp3) is 0.185. The van der Waals surface area contributed by atoms with Crippen molar-refractivity contribution in [1.82, 2.24) is 30.3 Å². The van der Waals surface area contributed by atoms with Gasteiger partial charge in [-0.15, -0.1) is 10.2 Å². The van der Waals surface area contributed by atoms with Crippen LogP contribution in [0.1, 0.15) is 18.9 Å². The van der Waals surface area contributed by atoms with Gasteiger partial charge < -0.3 is 5.32 Å². The number of nitrogens with one attached hydrogen (secondary N) is 2. The lowest BCUT2D eigenvalue weighted by molar-refractivity contribution is -0.119. The molecule has 0 aliphatic rings. The summed E-state index contributed by atoms with van der Waals surface area (Å²) < 4.78 is 1.96. The van der Waals surface area contributed by atoms with Crippen molar-refractivity contribution in [2.24, 2.45) is 0 Å². The number of hydrogen-bond donors (Lipinski definition) is 2. The first-order valence-corrected chi connectivity index (χ1v) is 12.6. The molecule has 0 bridgehead atoms. The van der Waals surface area contributed by atoms with Crippen molar-refractivity contribution in [3.8, 4) is 17.2 Å². The Hall–Kier alpha value is -3.91. The Morgan fingerprint density at radius 1 is 0.971 bits per heavy atom. The number of benzene rings is 3. The Kier molecular flexibility index (Phi) is 6.90. The van der Waals surface area contributed by atoms with Gasteiger partial charge in [-0.25, -0.2) is 0 Å². The van der Waals surface area contributed by atoms with E-state index in [1.54, 1.807) is 0 Å². The summed E-state index contributed by atoms with van der Waals surface area (Å²) in [7, 11) is 0. The highest BCUT2D eigenvalue weighted by Gasteiger charge is 2.21. The average Bonchev–Trinajstić information content (AvgIpc) is 3.51. The van der Waals surface area contributed by atoms with Crippen molar-refractivity contribution in [2.75, 3.05) is 5.75 Å². The summed E-state index contributed by atoms with van der Waals surface area (Å²) in [4.78, 5) is 12.7. The lowest BCUT2D eigenvalue weighted by atomic mass is 10.1. The average molecular weight is 483 g/mol. The van der Waals surface area contributed by atoms with Gasteiger partial charge in [-0.3, -0.25) is 14.5 Å². The second kappa shape index (κ2) is 10.6. The molecule has 35 heavy (non-hydrogen) atoms. The molecule has 1 atom stereocenters. The number of H-pyrrole nitrogens is 1. The van der Waals surface area contributed by atoms with E-state index >= 15 is 0 Å².